The average molecular weight is 212 g/mol. The lowest BCUT2D eigenvalue weighted by Crippen LogP contribution is -2.42. The Morgan fingerprint density at radius 2 is 1.60 bits per heavy atom. The van der Waals surface area contributed by atoms with Crippen molar-refractivity contribution in [3.05, 3.63) is 0 Å². The summed E-state index contributed by atoms with van der Waals surface area (Å²) in [5, 5.41) is 3.82. The second-order valence-electron chi connectivity index (χ2n) is 5.05. The fraction of sp³-hybridized carbons (Fsp3) is 1.00. The van der Waals surface area contributed by atoms with Crippen LogP contribution in [0.2, 0.25) is 0 Å². The molecule has 1 aliphatic rings. The van der Waals surface area contributed by atoms with E-state index >= 15 is 0 Å². The number of nitrogens with one attached hydrogen (secondary N) is 1. The molecule has 0 atom stereocenters. The first kappa shape index (κ1) is 13.0. The van der Waals surface area contributed by atoms with Crippen molar-refractivity contribution in [2.24, 2.45) is 5.73 Å². The maximum Gasteiger partial charge on any atom is 0.00708 e. The minimum atomic E-state index is 0.471. The smallest absolute Gasteiger partial charge is 0.00708 e. The highest BCUT2D eigenvalue weighted by Crippen LogP contribution is 2.18. The molecule has 0 aromatic heterocycles. The highest BCUT2D eigenvalue weighted by Gasteiger charge is 2.20. The molecule has 0 spiro atoms. The topological polar surface area (TPSA) is 38.0 Å². The number of rotatable bonds is 6. The molecule has 0 bridgehead atoms. The maximum absolute atomic E-state index is 5.92. The quantitative estimate of drug-likeness (QED) is 0.710. The molecule has 15 heavy (non-hydrogen) atoms. The van der Waals surface area contributed by atoms with Gasteiger partial charge in [-0.25, -0.2) is 0 Å². The Hall–Kier alpha value is -0.0800. The minimum Gasteiger partial charge on any atom is -0.328 e. The van der Waals surface area contributed by atoms with Crippen LogP contribution in [0.15, 0.2) is 0 Å². The first-order chi connectivity index (χ1) is 7.26. The Bertz CT molecular complexity index is 145. The molecular formula is C13H28N2. The lowest BCUT2D eigenvalue weighted by atomic mass is 9.90. The van der Waals surface area contributed by atoms with Crippen LogP contribution >= 0.6 is 0 Å². The molecule has 1 rings (SSSR count). The van der Waals surface area contributed by atoms with E-state index in [0.717, 1.165) is 12.1 Å². The van der Waals surface area contributed by atoms with Crippen molar-refractivity contribution < 1.29 is 0 Å². The van der Waals surface area contributed by atoms with Gasteiger partial charge in [0.1, 0.15) is 0 Å². The van der Waals surface area contributed by atoms with E-state index in [0.29, 0.717) is 6.04 Å². The molecule has 2 heteroatoms. The van der Waals surface area contributed by atoms with Gasteiger partial charge in [-0.05, 0) is 38.5 Å². The fourth-order valence-electron chi connectivity index (χ4n) is 2.63. The third-order valence-corrected chi connectivity index (χ3v) is 3.52. The van der Waals surface area contributed by atoms with Gasteiger partial charge in [-0.1, -0.05) is 26.7 Å². The Morgan fingerprint density at radius 1 is 1.07 bits per heavy atom. The summed E-state index contributed by atoms with van der Waals surface area (Å²) < 4.78 is 0. The summed E-state index contributed by atoms with van der Waals surface area (Å²) in [6.45, 7) is 4.56. The predicted molar refractivity (Wildman–Crippen MR) is 67.0 cm³/mol. The number of nitrogens with two attached hydrogens (primary N) is 1. The molecule has 3 N–H and O–H groups in total. The summed E-state index contributed by atoms with van der Waals surface area (Å²) in [5.41, 5.74) is 5.92. The zero-order chi connectivity index (χ0) is 11.1. The molecule has 1 saturated carbocycles. The first-order valence-corrected chi connectivity index (χ1v) is 6.77. The number of hydrogen-bond acceptors (Lipinski definition) is 2. The second kappa shape index (κ2) is 7.24. The summed E-state index contributed by atoms with van der Waals surface area (Å²) in [7, 11) is 0. The number of hydrogen-bond donors (Lipinski definition) is 2. The molecule has 0 aromatic carbocycles. The van der Waals surface area contributed by atoms with Gasteiger partial charge in [0, 0.05) is 18.1 Å². The summed E-state index contributed by atoms with van der Waals surface area (Å²) in [6.07, 6.45) is 10.2. The van der Waals surface area contributed by atoms with Crippen LogP contribution in [0.5, 0.6) is 0 Å². The molecule has 1 aliphatic carbocycles. The van der Waals surface area contributed by atoms with Crippen LogP contribution in [0.4, 0.5) is 0 Å². The summed E-state index contributed by atoms with van der Waals surface area (Å²) in [6, 6.07) is 1.96. The predicted octanol–water partition coefficient (Wildman–Crippen LogP) is 2.81. The highest BCUT2D eigenvalue weighted by atomic mass is 15.0. The Labute approximate surface area is 95.0 Å². The molecule has 0 radical (unpaired) electrons. The van der Waals surface area contributed by atoms with Crippen molar-refractivity contribution in [1.82, 2.24) is 5.32 Å². The van der Waals surface area contributed by atoms with Gasteiger partial charge in [-0.2, -0.15) is 0 Å². The average Bonchev–Trinajstić information content (AvgIpc) is 2.22. The normalized spacial score (nSPS) is 27.2. The Balaban J connectivity index is 2.24. The van der Waals surface area contributed by atoms with Crippen molar-refractivity contribution in [2.45, 2.75) is 83.3 Å². The van der Waals surface area contributed by atoms with Gasteiger partial charge in [0.15, 0.2) is 0 Å². The van der Waals surface area contributed by atoms with Gasteiger partial charge in [0.05, 0.1) is 0 Å². The van der Waals surface area contributed by atoms with Crippen LogP contribution in [0.25, 0.3) is 0 Å². The monoisotopic (exact) mass is 212 g/mol. The van der Waals surface area contributed by atoms with E-state index in [9.17, 15) is 0 Å². The van der Waals surface area contributed by atoms with Gasteiger partial charge in [0.25, 0.3) is 0 Å². The fourth-order valence-corrected chi connectivity index (χ4v) is 2.63. The lowest BCUT2D eigenvalue weighted by molar-refractivity contribution is 0.298. The van der Waals surface area contributed by atoms with Gasteiger partial charge in [0.2, 0.25) is 0 Å². The Kier molecular flexibility index (Phi) is 6.26. The van der Waals surface area contributed by atoms with E-state index < -0.39 is 0 Å². The van der Waals surface area contributed by atoms with Crippen molar-refractivity contribution in [1.29, 1.82) is 0 Å². The summed E-state index contributed by atoms with van der Waals surface area (Å²) in [4.78, 5) is 0. The highest BCUT2D eigenvalue weighted by molar-refractivity contribution is 4.81. The van der Waals surface area contributed by atoms with E-state index in [2.05, 4.69) is 19.2 Å². The molecule has 2 nitrogen and oxygen atoms in total. The van der Waals surface area contributed by atoms with E-state index in [4.69, 9.17) is 5.73 Å². The standard InChI is InChI=1S/C13H28N2/c1-3-5-12(6-4-2)15-13-9-7-11(14)8-10-13/h11-13,15H,3-10,14H2,1-2H3. The van der Waals surface area contributed by atoms with Crippen LogP contribution in [0.3, 0.4) is 0 Å². The first-order valence-electron chi connectivity index (χ1n) is 6.77. The molecule has 0 aromatic rings. The molecule has 90 valence electrons. The van der Waals surface area contributed by atoms with Crippen molar-refractivity contribution in [3.8, 4) is 0 Å². The van der Waals surface area contributed by atoms with Gasteiger partial charge in [-0.15, -0.1) is 0 Å². The van der Waals surface area contributed by atoms with Gasteiger partial charge in [-0.3, -0.25) is 0 Å². The van der Waals surface area contributed by atoms with Crippen molar-refractivity contribution in [2.75, 3.05) is 0 Å². The van der Waals surface area contributed by atoms with Crippen LogP contribution in [0.1, 0.15) is 65.2 Å². The molecule has 1 fully saturated rings. The summed E-state index contributed by atoms with van der Waals surface area (Å²) >= 11 is 0. The van der Waals surface area contributed by atoms with E-state index in [1.54, 1.807) is 0 Å². The van der Waals surface area contributed by atoms with Crippen molar-refractivity contribution in [3.63, 3.8) is 0 Å². The van der Waals surface area contributed by atoms with Crippen LogP contribution in [0, 0.1) is 0 Å². The zero-order valence-corrected chi connectivity index (χ0v) is 10.5. The molecule has 0 unspecified atom stereocenters. The molecule has 0 saturated heterocycles. The van der Waals surface area contributed by atoms with Crippen LogP contribution in [-0.2, 0) is 0 Å². The van der Waals surface area contributed by atoms with E-state index in [1.165, 1.54) is 51.4 Å². The SMILES string of the molecule is CCCC(CCC)NC1CCC(N)CC1. The third kappa shape index (κ3) is 4.98. The third-order valence-electron chi connectivity index (χ3n) is 3.52. The zero-order valence-electron chi connectivity index (χ0n) is 10.5. The van der Waals surface area contributed by atoms with Gasteiger partial charge < -0.3 is 11.1 Å². The van der Waals surface area contributed by atoms with Crippen LogP contribution in [-0.4, -0.2) is 18.1 Å². The molecule has 0 heterocycles. The second-order valence-corrected chi connectivity index (χ2v) is 5.05. The van der Waals surface area contributed by atoms with Gasteiger partial charge >= 0.3 is 0 Å². The Morgan fingerprint density at radius 3 is 2.07 bits per heavy atom. The largest absolute Gasteiger partial charge is 0.328 e. The lowest BCUT2D eigenvalue weighted by Gasteiger charge is -2.30. The minimum absolute atomic E-state index is 0.471. The maximum atomic E-state index is 5.92. The van der Waals surface area contributed by atoms with Crippen LogP contribution < -0.4 is 11.1 Å². The molecular weight excluding hydrogens is 184 g/mol. The summed E-state index contributed by atoms with van der Waals surface area (Å²) in [5.74, 6) is 0. The molecule has 0 amide bonds. The van der Waals surface area contributed by atoms with E-state index in [-0.39, 0.29) is 0 Å². The van der Waals surface area contributed by atoms with Crippen molar-refractivity contribution >= 4 is 0 Å². The van der Waals surface area contributed by atoms with E-state index in [1.807, 2.05) is 0 Å². The molecule has 0 aliphatic heterocycles.